The van der Waals surface area contributed by atoms with E-state index in [1.165, 1.54) is 38.7 Å². The molecule has 8 aromatic rings. The number of ether oxygens (including phenoxy) is 1. The monoisotopic (exact) mass is 980 g/mol. The minimum atomic E-state index is -1.23. The molecule has 1 aliphatic heterocycles. The van der Waals surface area contributed by atoms with E-state index in [4.69, 9.17) is 9.72 Å². The molecule has 305 valence electrons. The summed E-state index contributed by atoms with van der Waals surface area (Å²) < 4.78 is 9.11. The first kappa shape index (κ1) is 42.7. The van der Waals surface area contributed by atoms with Gasteiger partial charge in [0.15, 0.2) is 0 Å². The van der Waals surface area contributed by atoms with E-state index in [0.717, 1.165) is 50.7 Å². The average Bonchev–Trinajstić information content (AvgIpc) is 3.63. The van der Waals surface area contributed by atoms with Crippen molar-refractivity contribution in [1.29, 1.82) is 0 Å². The molecule has 9 rings (SSSR count). The summed E-state index contributed by atoms with van der Waals surface area (Å²) >= 11 is 0. The zero-order chi connectivity index (χ0) is 41.5. The zero-order valence-electron chi connectivity index (χ0n) is 36.1. The van der Waals surface area contributed by atoms with Crippen molar-refractivity contribution in [3.8, 4) is 51.0 Å². The number of rotatable bonds is 7. The molecule has 0 unspecified atom stereocenters. The van der Waals surface area contributed by atoms with E-state index >= 15 is 0 Å². The van der Waals surface area contributed by atoms with Crippen LogP contribution in [-0.4, -0.2) is 22.6 Å². The summed E-state index contributed by atoms with van der Waals surface area (Å²) in [5, 5.41) is 1.40. The van der Waals surface area contributed by atoms with Crippen LogP contribution in [0.3, 0.4) is 0 Å². The maximum atomic E-state index is 6.73. The number of para-hydroxylation sites is 3. The van der Waals surface area contributed by atoms with Gasteiger partial charge in [-0.25, -0.2) is 0 Å². The summed E-state index contributed by atoms with van der Waals surface area (Å²) in [7, 11) is -1.23. The maximum absolute atomic E-state index is 6.73. The third-order valence-electron chi connectivity index (χ3n) is 11.5. The van der Waals surface area contributed by atoms with E-state index in [9.17, 15) is 0 Å². The zero-order valence-corrected chi connectivity index (χ0v) is 39.5. The smallest absolute Gasteiger partial charge is 0.118 e. The second-order valence-corrected chi connectivity index (χ2v) is 22.8. The molecular weight excluding hydrogens is 927 g/mol. The van der Waals surface area contributed by atoms with Crippen LogP contribution in [0.2, 0.25) is 19.6 Å². The van der Waals surface area contributed by atoms with Crippen LogP contribution in [0.25, 0.3) is 50.5 Å². The van der Waals surface area contributed by atoms with Gasteiger partial charge in [0.1, 0.15) is 5.75 Å². The molecule has 0 N–H and O–H groups in total. The van der Waals surface area contributed by atoms with Gasteiger partial charge in [-0.2, -0.15) is 0 Å². The van der Waals surface area contributed by atoms with E-state index in [1.807, 2.05) is 42.6 Å². The van der Waals surface area contributed by atoms with E-state index < -0.39 is 8.07 Å². The first-order valence-electron chi connectivity index (χ1n) is 20.8. The number of hydrogen-bond donors (Lipinski definition) is 0. The standard InChI is InChI=1S/C40H37N2O.C14H16NSi.Ir/c1-25(2)30-23-28(27-15-8-7-9-16-27)24-31(26(3)4)37(30)42-35-21-12-11-20-34(35)41-39(42)29-17-14-19-33-38(29)43-36-22-13-10-18-32(36)40(33,5)6;1-16(2,3)13-9-10-14(15-11-13)12-7-5-4-6-8-12;/h7-16,18-26H,1-6H3;4-7,9-11H,1-3H3;/q2*-1;. The molecule has 2 aromatic heterocycles. The molecule has 0 amide bonds. The Bertz CT molecular complexity index is 2720. The topological polar surface area (TPSA) is 39.9 Å². The van der Waals surface area contributed by atoms with E-state index in [-0.39, 0.29) is 25.5 Å². The Morgan fingerprint density at radius 1 is 0.667 bits per heavy atom. The van der Waals surface area contributed by atoms with Gasteiger partial charge in [-0.3, -0.25) is 4.98 Å². The maximum Gasteiger partial charge on any atom is 0.118 e. The molecule has 3 heterocycles. The number of imidazole rings is 1. The third kappa shape index (κ3) is 8.21. The predicted octanol–water partition coefficient (Wildman–Crippen LogP) is 13.9. The van der Waals surface area contributed by atoms with Gasteiger partial charge in [0.05, 0.1) is 24.9 Å². The molecule has 60 heavy (non-hydrogen) atoms. The van der Waals surface area contributed by atoms with Crippen molar-refractivity contribution in [2.75, 3.05) is 0 Å². The molecule has 0 fully saturated rings. The molecule has 6 aromatic carbocycles. The van der Waals surface area contributed by atoms with E-state index in [1.54, 1.807) is 0 Å². The van der Waals surface area contributed by atoms with Crippen molar-refractivity contribution in [2.45, 2.75) is 78.4 Å². The Morgan fingerprint density at radius 2 is 1.33 bits per heavy atom. The number of aromatic nitrogens is 3. The molecule has 1 aliphatic rings. The number of fused-ring (bicyclic) bond motifs is 3. The van der Waals surface area contributed by atoms with Crippen LogP contribution in [0.1, 0.15) is 75.6 Å². The van der Waals surface area contributed by atoms with Gasteiger partial charge in [-0.15, -0.1) is 54.1 Å². The summed E-state index contributed by atoms with van der Waals surface area (Å²) in [4.78, 5) is 9.82. The number of hydrogen-bond acceptors (Lipinski definition) is 3. The van der Waals surface area contributed by atoms with Crippen LogP contribution in [0, 0.1) is 12.1 Å². The summed E-state index contributed by atoms with van der Waals surface area (Å²) in [6, 6.07) is 55.5. The fraction of sp³-hybridized carbons (Fsp3) is 0.222. The fourth-order valence-corrected chi connectivity index (χ4v) is 9.20. The van der Waals surface area contributed by atoms with Gasteiger partial charge in [0, 0.05) is 48.7 Å². The van der Waals surface area contributed by atoms with Crippen molar-refractivity contribution in [3.05, 3.63) is 180 Å². The van der Waals surface area contributed by atoms with E-state index in [2.05, 4.69) is 186 Å². The summed E-state index contributed by atoms with van der Waals surface area (Å²) in [5.74, 6) is 3.16. The molecule has 0 aliphatic carbocycles. The van der Waals surface area contributed by atoms with E-state index in [0.29, 0.717) is 11.8 Å². The van der Waals surface area contributed by atoms with Gasteiger partial charge in [-0.05, 0) is 75.3 Å². The molecule has 0 atom stereocenters. The van der Waals surface area contributed by atoms with Crippen LogP contribution >= 0.6 is 0 Å². The first-order chi connectivity index (χ1) is 28.3. The van der Waals surface area contributed by atoms with Crippen molar-refractivity contribution in [2.24, 2.45) is 0 Å². The van der Waals surface area contributed by atoms with Crippen LogP contribution in [-0.2, 0) is 25.5 Å². The van der Waals surface area contributed by atoms with Gasteiger partial charge >= 0.3 is 0 Å². The quantitative estimate of drug-likeness (QED) is 0.118. The molecule has 6 heteroatoms. The Labute approximate surface area is 371 Å². The second kappa shape index (κ2) is 17.3. The molecule has 4 nitrogen and oxygen atoms in total. The molecule has 0 saturated heterocycles. The summed E-state index contributed by atoms with van der Waals surface area (Å²) in [5.41, 5.74) is 13.4. The van der Waals surface area contributed by atoms with Crippen molar-refractivity contribution in [3.63, 3.8) is 0 Å². The minimum absolute atomic E-state index is 0. The summed E-state index contributed by atoms with van der Waals surface area (Å²) in [6.07, 6.45) is 2.02. The number of pyridine rings is 1. The normalized spacial score (nSPS) is 12.8. The molecule has 0 spiro atoms. The summed E-state index contributed by atoms with van der Waals surface area (Å²) in [6.45, 7) is 20.7. The Morgan fingerprint density at radius 3 is 1.98 bits per heavy atom. The number of benzene rings is 6. The van der Waals surface area contributed by atoms with Crippen LogP contribution < -0.4 is 9.92 Å². The van der Waals surface area contributed by atoms with Gasteiger partial charge in [-0.1, -0.05) is 145 Å². The van der Waals surface area contributed by atoms with Gasteiger partial charge < -0.3 is 14.3 Å². The average molecular weight is 980 g/mol. The Kier molecular flexibility index (Phi) is 12.3. The van der Waals surface area contributed by atoms with Crippen LogP contribution in [0.15, 0.2) is 146 Å². The Hall–Kier alpha value is -5.39. The van der Waals surface area contributed by atoms with Crippen molar-refractivity contribution >= 4 is 24.3 Å². The third-order valence-corrected chi connectivity index (χ3v) is 13.6. The molecular formula is C54H53IrN3OSi-2. The van der Waals surface area contributed by atoms with Crippen molar-refractivity contribution < 1.29 is 24.8 Å². The van der Waals surface area contributed by atoms with Crippen LogP contribution in [0.5, 0.6) is 11.5 Å². The van der Waals surface area contributed by atoms with Crippen molar-refractivity contribution in [1.82, 2.24) is 14.5 Å². The number of nitrogens with zero attached hydrogens (tertiary/aromatic N) is 3. The largest absolute Gasteiger partial charge is 0.501 e. The van der Waals surface area contributed by atoms with Crippen LogP contribution in [0.4, 0.5) is 0 Å². The predicted molar refractivity (Wildman–Crippen MR) is 249 cm³/mol. The Balaban J connectivity index is 0.000000270. The molecule has 0 saturated carbocycles. The minimum Gasteiger partial charge on any atom is -0.501 e. The molecule has 0 bridgehead atoms. The molecule has 1 radical (unpaired) electrons. The van der Waals surface area contributed by atoms with Gasteiger partial charge in [0.25, 0.3) is 0 Å². The fourth-order valence-electron chi connectivity index (χ4n) is 8.16. The van der Waals surface area contributed by atoms with Gasteiger partial charge in [0.2, 0.25) is 0 Å². The first-order valence-corrected chi connectivity index (χ1v) is 24.3. The SMILES string of the molecule is CC(C)c1cc(-c2ccccc2)cc(C(C)C)c1-n1c(-c2[c-]ccc3c2Oc2ccccc2C3(C)C)nc2ccccc21.C[Si](C)(C)c1ccc(-c2[c-]cccc2)nc1.[Ir]. The second-order valence-electron chi connectivity index (χ2n) is 17.7.